The summed E-state index contributed by atoms with van der Waals surface area (Å²) in [6, 6.07) is 5.63. The second-order valence-corrected chi connectivity index (χ2v) is 6.75. The van der Waals surface area contributed by atoms with E-state index in [2.05, 4.69) is 26.8 Å². The van der Waals surface area contributed by atoms with Gasteiger partial charge in [0, 0.05) is 0 Å². The molecule has 0 nitrogen and oxygen atoms in total. The summed E-state index contributed by atoms with van der Waals surface area (Å²) in [6.45, 7) is 6.54. The molecule has 18 heavy (non-hydrogen) atoms. The summed E-state index contributed by atoms with van der Waals surface area (Å²) in [5.74, 6) is 0.899. The normalized spacial score (nSPS) is 16.7. The van der Waals surface area contributed by atoms with Crippen LogP contribution in [0.15, 0.2) is 18.2 Å². The Hall–Kier alpha value is -0.850. The monoisotopic (exact) mass is 248 g/mol. The Morgan fingerprint density at radius 1 is 1.22 bits per heavy atom. The lowest BCUT2D eigenvalue weighted by molar-refractivity contribution is 0.289. The molecule has 0 saturated heterocycles. The molecule has 0 radical (unpaired) electrons. The topological polar surface area (TPSA) is 0 Å². The van der Waals surface area contributed by atoms with E-state index >= 15 is 0 Å². The molecule has 0 unspecified atom stereocenters. The molecule has 0 aromatic heterocycles. The summed E-state index contributed by atoms with van der Waals surface area (Å²) in [5.41, 5.74) is 2.25. The molecule has 1 aromatic rings. The first kappa shape index (κ1) is 13.6. The molecule has 0 spiro atoms. The van der Waals surface area contributed by atoms with Crippen LogP contribution in [-0.2, 0) is 11.8 Å². The average molecular weight is 248 g/mol. The van der Waals surface area contributed by atoms with E-state index in [0.717, 1.165) is 24.3 Å². The van der Waals surface area contributed by atoms with Gasteiger partial charge in [0.2, 0.25) is 0 Å². The van der Waals surface area contributed by atoms with Crippen molar-refractivity contribution in [3.8, 4) is 0 Å². The number of rotatable bonds is 4. The van der Waals surface area contributed by atoms with Crippen LogP contribution in [-0.4, -0.2) is 0 Å². The molecular formula is C17H25F. The Labute approximate surface area is 111 Å². The highest BCUT2D eigenvalue weighted by Crippen LogP contribution is 2.31. The van der Waals surface area contributed by atoms with Crippen molar-refractivity contribution < 1.29 is 4.39 Å². The van der Waals surface area contributed by atoms with E-state index < -0.39 is 0 Å². The van der Waals surface area contributed by atoms with E-state index in [9.17, 15) is 4.39 Å². The van der Waals surface area contributed by atoms with Gasteiger partial charge in [-0.15, -0.1) is 0 Å². The summed E-state index contributed by atoms with van der Waals surface area (Å²) in [5, 5.41) is 0. The number of halogens is 1. The van der Waals surface area contributed by atoms with Crippen LogP contribution in [0.4, 0.5) is 4.39 Å². The molecule has 0 aliphatic heterocycles. The Morgan fingerprint density at radius 3 is 2.50 bits per heavy atom. The van der Waals surface area contributed by atoms with E-state index in [1.54, 1.807) is 6.07 Å². The third kappa shape index (κ3) is 3.34. The fourth-order valence-electron chi connectivity index (χ4n) is 2.60. The minimum atomic E-state index is -0.0309. The van der Waals surface area contributed by atoms with Crippen molar-refractivity contribution in [1.29, 1.82) is 0 Å². The molecule has 0 N–H and O–H groups in total. The van der Waals surface area contributed by atoms with Gasteiger partial charge in [0.05, 0.1) is 0 Å². The number of benzene rings is 1. The van der Waals surface area contributed by atoms with Crippen molar-refractivity contribution in [2.24, 2.45) is 5.92 Å². The average Bonchev–Trinajstić information content (AvgIpc) is 2.22. The second-order valence-electron chi connectivity index (χ2n) is 6.75. The third-order valence-electron chi connectivity index (χ3n) is 4.19. The molecule has 2 rings (SSSR count). The Kier molecular flexibility index (Phi) is 4.09. The Bertz CT molecular complexity index is 397. The van der Waals surface area contributed by atoms with Crippen molar-refractivity contribution in [3.63, 3.8) is 0 Å². The minimum absolute atomic E-state index is 0.0309. The molecule has 1 aliphatic rings. The second kappa shape index (κ2) is 5.42. The van der Waals surface area contributed by atoms with Crippen LogP contribution >= 0.6 is 0 Å². The first-order valence-electron chi connectivity index (χ1n) is 7.26. The van der Waals surface area contributed by atoms with Crippen LogP contribution in [0.25, 0.3) is 0 Å². The molecule has 0 atom stereocenters. The zero-order valence-electron chi connectivity index (χ0n) is 11.9. The standard InChI is InChI=1S/C17H25F/c1-17(2,3)15-10-11-16(18)14(12-15)9-5-8-13-6-4-7-13/h10-13H,4-9H2,1-3H3. The maximum Gasteiger partial charge on any atom is 0.126 e. The van der Waals surface area contributed by atoms with E-state index in [1.165, 1.54) is 31.2 Å². The highest BCUT2D eigenvalue weighted by atomic mass is 19.1. The Morgan fingerprint density at radius 2 is 1.94 bits per heavy atom. The fourth-order valence-corrected chi connectivity index (χ4v) is 2.60. The van der Waals surface area contributed by atoms with Gasteiger partial charge in [-0.3, -0.25) is 0 Å². The molecule has 0 bridgehead atoms. The molecule has 100 valence electrons. The van der Waals surface area contributed by atoms with Crippen molar-refractivity contribution in [3.05, 3.63) is 35.1 Å². The molecular weight excluding hydrogens is 223 g/mol. The Balaban J connectivity index is 1.97. The van der Waals surface area contributed by atoms with Gasteiger partial charge in [-0.1, -0.05) is 58.6 Å². The lowest BCUT2D eigenvalue weighted by Gasteiger charge is -2.25. The predicted octanol–water partition coefficient (Wildman–Crippen LogP) is 5.25. The van der Waals surface area contributed by atoms with Gasteiger partial charge in [0.15, 0.2) is 0 Å². The summed E-state index contributed by atoms with van der Waals surface area (Å²) < 4.78 is 13.8. The van der Waals surface area contributed by atoms with Gasteiger partial charge in [0.1, 0.15) is 5.82 Å². The summed E-state index contributed by atoms with van der Waals surface area (Å²) in [7, 11) is 0. The van der Waals surface area contributed by atoms with Gasteiger partial charge in [-0.25, -0.2) is 4.39 Å². The summed E-state index contributed by atoms with van der Waals surface area (Å²) in [4.78, 5) is 0. The highest BCUT2D eigenvalue weighted by molar-refractivity contribution is 5.29. The molecule has 1 heteroatoms. The molecule has 1 aliphatic carbocycles. The van der Waals surface area contributed by atoms with Crippen LogP contribution < -0.4 is 0 Å². The fraction of sp³-hybridized carbons (Fsp3) is 0.647. The van der Waals surface area contributed by atoms with Crippen LogP contribution in [0.2, 0.25) is 0 Å². The van der Waals surface area contributed by atoms with Crippen molar-refractivity contribution >= 4 is 0 Å². The quantitative estimate of drug-likeness (QED) is 0.683. The first-order chi connectivity index (χ1) is 8.47. The van der Waals surface area contributed by atoms with E-state index in [-0.39, 0.29) is 11.2 Å². The molecule has 1 aromatic carbocycles. The SMILES string of the molecule is CC(C)(C)c1ccc(F)c(CCCC2CCC2)c1. The largest absolute Gasteiger partial charge is 0.207 e. The van der Waals surface area contributed by atoms with Crippen molar-refractivity contribution in [2.75, 3.05) is 0 Å². The van der Waals surface area contributed by atoms with Gasteiger partial charge in [-0.2, -0.15) is 0 Å². The maximum absolute atomic E-state index is 13.8. The van der Waals surface area contributed by atoms with E-state index in [4.69, 9.17) is 0 Å². The van der Waals surface area contributed by atoms with Crippen LogP contribution in [0.3, 0.4) is 0 Å². The van der Waals surface area contributed by atoms with Crippen molar-refractivity contribution in [1.82, 2.24) is 0 Å². The predicted molar refractivity (Wildman–Crippen MR) is 75.4 cm³/mol. The smallest absolute Gasteiger partial charge is 0.126 e. The molecule has 0 heterocycles. The molecule has 1 saturated carbocycles. The minimum Gasteiger partial charge on any atom is -0.207 e. The summed E-state index contributed by atoms with van der Waals surface area (Å²) in [6.07, 6.45) is 7.49. The van der Waals surface area contributed by atoms with Crippen LogP contribution in [0.1, 0.15) is 64.0 Å². The van der Waals surface area contributed by atoms with Crippen LogP contribution in [0, 0.1) is 11.7 Å². The molecule has 0 amide bonds. The van der Waals surface area contributed by atoms with Crippen molar-refractivity contribution in [2.45, 2.75) is 64.7 Å². The number of hydrogen-bond acceptors (Lipinski definition) is 0. The number of hydrogen-bond donors (Lipinski definition) is 0. The third-order valence-corrected chi connectivity index (χ3v) is 4.19. The van der Waals surface area contributed by atoms with Gasteiger partial charge >= 0.3 is 0 Å². The maximum atomic E-state index is 13.8. The number of aryl methyl sites for hydroxylation is 1. The van der Waals surface area contributed by atoms with E-state index in [1.807, 2.05) is 6.07 Å². The van der Waals surface area contributed by atoms with E-state index in [0.29, 0.717) is 0 Å². The first-order valence-corrected chi connectivity index (χ1v) is 7.26. The summed E-state index contributed by atoms with van der Waals surface area (Å²) >= 11 is 0. The van der Waals surface area contributed by atoms with Crippen LogP contribution in [0.5, 0.6) is 0 Å². The lowest BCUT2D eigenvalue weighted by Crippen LogP contribution is -2.13. The zero-order valence-corrected chi connectivity index (χ0v) is 11.9. The molecule has 1 fully saturated rings. The van der Waals surface area contributed by atoms with Gasteiger partial charge in [0.25, 0.3) is 0 Å². The zero-order chi connectivity index (χ0) is 13.2. The highest BCUT2D eigenvalue weighted by Gasteiger charge is 2.18. The van der Waals surface area contributed by atoms with Gasteiger partial charge in [-0.05, 0) is 41.4 Å². The van der Waals surface area contributed by atoms with Gasteiger partial charge < -0.3 is 0 Å². The lowest BCUT2D eigenvalue weighted by atomic mass is 9.81.